The highest BCUT2D eigenvalue weighted by Gasteiger charge is 2.17. The third-order valence-electron chi connectivity index (χ3n) is 4.19. The van der Waals surface area contributed by atoms with Crippen molar-refractivity contribution in [1.82, 2.24) is 19.7 Å². The number of nitrogens with zero attached hydrogens (tertiary/aromatic N) is 4. The maximum absolute atomic E-state index is 5.48. The minimum atomic E-state index is -0.0808. The van der Waals surface area contributed by atoms with Crippen LogP contribution in [0.3, 0.4) is 0 Å². The third kappa shape index (κ3) is 3.40. The average Bonchev–Trinajstić information content (AvgIpc) is 3.25. The van der Waals surface area contributed by atoms with Gasteiger partial charge in [-0.15, -0.1) is 11.8 Å². The summed E-state index contributed by atoms with van der Waals surface area (Å²) in [4.78, 5) is 8.89. The van der Waals surface area contributed by atoms with Gasteiger partial charge >= 0.3 is 0 Å². The number of hydrogen-bond acceptors (Lipinski definition) is 6. The Morgan fingerprint density at radius 2 is 2.04 bits per heavy atom. The molecular weight excluding hydrogens is 336 g/mol. The highest BCUT2D eigenvalue weighted by Crippen LogP contribution is 2.28. The van der Waals surface area contributed by atoms with E-state index in [0.29, 0.717) is 13.2 Å². The van der Waals surface area contributed by atoms with Crippen LogP contribution in [0.5, 0.6) is 0 Å². The first-order valence-corrected chi connectivity index (χ1v) is 9.33. The second-order valence-electron chi connectivity index (χ2n) is 6.07. The molecule has 1 saturated heterocycles. The molecule has 1 aliphatic heterocycles. The smallest absolute Gasteiger partial charge is 0.167 e. The molecule has 7 heteroatoms. The lowest BCUT2D eigenvalue weighted by atomic mass is 10.1. The van der Waals surface area contributed by atoms with Gasteiger partial charge in [-0.05, 0) is 25.5 Å². The van der Waals surface area contributed by atoms with Gasteiger partial charge in [0.2, 0.25) is 0 Å². The Bertz CT molecular complexity index is 890. The molecule has 3 heterocycles. The fourth-order valence-electron chi connectivity index (χ4n) is 2.98. The second-order valence-corrected chi connectivity index (χ2v) is 7.15. The summed E-state index contributed by atoms with van der Waals surface area (Å²) in [7, 11) is 0. The molecule has 0 aliphatic carbocycles. The Morgan fingerprint density at radius 1 is 1.20 bits per heavy atom. The van der Waals surface area contributed by atoms with Crippen molar-refractivity contribution < 1.29 is 9.47 Å². The summed E-state index contributed by atoms with van der Waals surface area (Å²) in [5, 5.41) is 6.47. The topological polar surface area (TPSA) is 62.1 Å². The van der Waals surface area contributed by atoms with Crippen molar-refractivity contribution in [3.63, 3.8) is 0 Å². The fraction of sp³-hybridized carbons (Fsp3) is 0.389. The highest BCUT2D eigenvalue weighted by atomic mass is 32.2. The van der Waals surface area contributed by atoms with Crippen LogP contribution in [0.25, 0.3) is 16.7 Å². The van der Waals surface area contributed by atoms with Crippen molar-refractivity contribution >= 4 is 22.8 Å². The van der Waals surface area contributed by atoms with Crippen LogP contribution in [-0.2, 0) is 9.47 Å². The molecule has 1 aliphatic rings. The monoisotopic (exact) mass is 356 g/mol. The summed E-state index contributed by atoms with van der Waals surface area (Å²) in [6.45, 7) is 5.56. The largest absolute Gasteiger partial charge is 0.350 e. The molecule has 4 rings (SSSR count). The van der Waals surface area contributed by atoms with E-state index in [1.807, 2.05) is 10.9 Å². The first-order valence-electron chi connectivity index (χ1n) is 8.35. The summed E-state index contributed by atoms with van der Waals surface area (Å²) in [6.07, 6.45) is 4.22. The zero-order chi connectivity index (χ0) is 17.2. The van der Waals surface area contributed by atoms with Crippen molar-refractivity contribution in [3.05, 3.63) is 41.9 Å². The highest BCUT2D eigenvalue weighted by molar-refractivity contribution is 7.99. The zero-order valence-corrected chi connectivity index (χ0v) is 15.1. The van der Waals surface area contributed by atoms with E-state index in [0.717, 1.165) is 33.9 Å². The quantitative estimate of drug-likeness (QED) is 0.516. The molecular formula is C18H20N4O2S. The minimum Gasteiger partial charge on any atom is -0.350 e. The number of hydrogen-bond donors (Lipinski definition) is 0. The Kier molecular flexibility index (Phi) is 4.70. The normalized spacial score (nSPS) is 15.3. The number of aromatic nitrogens is 4. The van der Waals surface area contributed by atoms with Gasteiger partial charge in [-0.2, -0.15) is 5.10 Å². The molecule has 25 heavy (non-hydrogen) atoms. The van der Waals surface area contributed by atoms with Gasteiger partial charge in [0.1, 0.15) is 11.4 Å². The maximum atomic E-state index is 5.48. The Labute approximate surface area is 150 Å². The number of rotatable bonds is 5. The maximum Gasteiger partial charge on any atom is 0.167 e. The van der Waals surface area contributed by atoms with Crippen LogP contribution >= 0.6 is 11.8 Å². The first kappa shape index (κ1) is 16.5. The van der Waals surface area contributed by atoms with Crippen LogP contribution < -0.4 is 0 Å². The number of benzene rings is 1. The fourth-order valence-corrected chi connectivity index (χ4v) is 3.91. The molecule has 0 atom stereocenters. The van der Waals surface area contributed by atoms with Gasteiger partial charge < -0.3 is 9.47 Å². The number of ether oxygens (including phenoxy) is 2. The molecule has 0 saturated carbocycles. The lowest BCUT2D eigenvalue weighted by Gasteiger charge is -2.09. The molecule has 0 bridgehead atoms. The van der Waals surface area contributed by atoms with E-state index >= 15 is 0 Å². The molecule has 0 amide bonds. The Hall–Kier alpha value is -1.96. The number of thioether (sulfide) groups is 1. The van der Waals surface area contributed by atoms with Gasteiger partial charge in [0, 0.05) is 12.2 Å². The van der Waals surface area contributed by atoms with Crippen molar-refractivity contribution in [2.24, 2.45) is 0 Å². The van der Waals surface area contributed by atoms with E-state index in [1.54, 1.807) is 18.1 Å². The van der Waals surface area contributed by atoms with Crippen LogP contribution in [0.4, 0.5) is 0 Å². The van der Waals surface area contributed by atoms with E-state index in [4.69, 9.17) is 9.47 Å². The van der Waals surface area contributed by atoms with Crippen molar-refractivity contribution in [2.75, 3.05) is 19.0 Å². The van der Waals surface area contributed by atoms with Crippen LogP contribution in [-0.4, -0.2) is 45.0 Å². The third-order valence-corrected chi connectivity index (χ3v) is 5.23. The second kappa shape index (κ2) is 7.11. The van der Waals surface area contributed by atoms with Crippen molar-refractivity contribution in [1.29, 1.82) is 0 Å². The van der Waals surface area contributed by atoms with Gasteiger partial charge in [0.15, 0.2) is 11.9 Å². The summed E-state index contributed by atoms with van der Waals surface area (Å²) >= 11 is 1.69. The Morgan fingerprint density at radius 3 is 2.84 bits per heavy atom. The summed E-state index contributed by atoms with van der Waals surface area (Å²) in [5.41, 5.74) is 4.29. The molecule has 6 nitrogen and oxygen atoms in total. The number of aryl methyl sites for hydroxylation is 2. The predicted octanol–water partition coefficient (Wildman–Crippen LogP) is 3.29. The minimum absolute atomic E-state index is 0.0808. The summed E-state index contributed by atoms with van der Waals surface area (Å²) < 4.78 is 12.8. The first-order chi connectivity index (χ1) is 12.2. The molecule has 130 valence electrons. The summed E-state index contributed by atoms with van der Waals surface area (Å²) in [6, 6.07) is 6.33. The van der Waals surface area contributed by atoms with E-state index in [1.165, 1.54) is 11.1 Å². The van der Waals surface area contributed by atoms with E-state index in [2.05, 4.69) is 47.1 Å². The lowest BCUT2D eigenvalue weighted by molar-refractivity contribution is -0.0421. The standard InChI is InChI=1S/C18H20N4O2S/c1-12-3-4-15(13(2)9-12)22-17-14(10-21-22)18(20-11-19-17)25-8-5-16-23-6-7-24-16/h3-4,9-11,16H,5-8H2,1-2H3. The van der Waals surface area contributed by atoms with Crippen molar-refractivity contribution in [2.45, 2.75) is 31.6 Å². The SMILES string of the molecule is Cc1ccc(-n2ncc3c(SCCC4OCCO4)ncnc32)c(C)c1. The van der Waals surface area contributed by atoms with Gasteiger partial charge in [-0.1, -0.05) is 17.7 Å². The van der Waals surface area contributed by atoms with Gasteiger partial charge in [0.05, 0.1) is 30.5 Å². The molecule has 0 unspecified atom stereocenters. The molecule has 0 radical (unpaired) electrons. The molecule has 3 aromatic rings. The van der Waals surface area contributed by atoms with Crippen LogP contribution in [0.1, 0.15) is 17.5 Å². The van der Waals surface area contributed by atoms with E-state index in [-0.39, 0.29) is 6.29 Å². The summed E-state index contributed by atoms with van der Waals surface area (Å²) in [5.74, 6) is 0.880. The average molecular weight is 356 g/mol. The molecule has 0 N–H and O–H groups in total. The zero-order valence-electron chi connectivity index (χ0n) is 14.3. The van der Waals surface area contributed by atoms with Crippen LogP contribution in [0.2, 0.25) is 0 Å². The lowest BCUT2D eigenvalue weighted by Crippen LogP contribution is -2.08. The van der Waals surface area contributed by atoms with Crippen molar-refractivity contribution in [3.8, 4) is 5.69 Å². The molecule has 1 aromatic carbocycles. The van der Waals surface area contributed by atoms with E-state index < -0.39 is 0 Å². The van der Waals surface area contributed by atoms with Crippen LogP contribution in [0.15, 0.2) is 35.7 Å². The predicted molar refractivity (Wildman–Crippen MR) is 97.2 cm³/mol. The van der Waals surface area contributed by atoms with E-state index in [9.17, 15) is 0 Å². The van der Waals surface area contributed by atoms with Crippen LogP contribution in [0, 0.1) is 13.8 Å². The number of fused-ring (bicyclic) bond motifs is 1. The molecule has 2 aromatic heterocycles. The Balaban J connectivity index is 1.59. The molecule has 1 fully saturated rings. The van der Waals surface area contributed by atoms with Gasteiger partial charge in [-0.25, -0.2) is 14.6 Å². The van der Waals surface area contributed by atoms with Gasteiger partial charge in [-0.3, -0.25) is 0 Å². The molecule has 0 spiro atoms. The van der Waals surface area contributed by atoms with Gasteiger partial charge in [0.25, 0.3) is 0 Å².